The summed E-state index contributed by atoms with van der Waals surface area (Å²) in [6.45, 7) is 10.5. The number of hydrogen-bond donors (Lipinski definition) is 2. The van der Waals surface area contributed by atoms with Crippen LogP contribution in [0.4, 0.5) is 15.8 Å². The first-order valence-electron chi connectivity index (χ1n) is 10.4. The number of amides is 1. The highest BCUT2D eigenvalue weighted by atomic mass is 32.2. The van der Waals surface area contributed by atoms with Gasteiger partial charge in [-0.3, -0.25) is 4.79 Å². The van der Waals surface area contributed by atoms with Crippen molar-refractivity contribution >= 4 is 27.3 Å². The molecule has 0 saturated carbocycles. The molecule has 1 saturated heterocycles. The van der Waals surface area contributed by atoms with Crippen LogP contribution in [0.1, 0.15) is 53.9 Å². The van der Waals surface area contributed by atoms with Crippen molar-refractivity contribution < 1.29 is 22.3 Å². The Hall–Kier alpha value is -1.71. The number of benzene rings is 1. The van der Waals surface area contributed by atoms with Crippen molar-refractivity contribution in [1.29, 1.82) is 0 Å². The number of anilines is 2. The molecular formula is C21H34FN3O4S. The van der Waals surface area contributed by atoms with Crippen LogP contribution < -0.4 is 14.9 Å². The number of rotatable bonds is 8. The summed E-state index contributed by atoms with van der Waals surface area (Å²) >= 11 is 0. The molecule has 1 aromatic rings. The van der Waals surface area contributed by atoms with E-state index in [1.165, 1.54) is 6.07 Å². The molecule has 1 aromatic carbocycles. The lowest BCUT2D eigenvalue weighted by atomic mass is 10.1. The molecule has 0 spiro atoms. The summed E-state index contributed by atoms with van der Waals surface area (Å²) in [6.07, 6.45) is 1.36. The van der Waals surface area contributed by atoms with Gasteiger partial charge in [-0.05, 0) is 65.7 Å². The Morgan fingerprint density at radius 1 is 1.20 bits per heavy atom. The minimum Gasteiger partial charge on any atom is -0.372 e. The van der Waals surface area contributed by atoms with Crippen LogP contribution in [0.15, 0.2) is 18.2 Å². The third kappa shape index (κ3) is 6.92. The molecule has 1 aliphatic rings. The minimum absolute atomic E-state index is 0.0732. The predicted molar refractivity (Wildman–Crippen MR) is 118 cm³/mol. The van der Waals surface area contributed by atoms with Crippen LogP contribution in [-0.2, 0) is 19.6 Å². The van der Waals surface area contributed by atoms with Gasteiger partial charge in [0.2, 0.25) is 15.9 Å². The highest BCUT2D eigenvalue weighted by Gasteiger charge is 2.28. The van der Waals surface area contributed by atoms with E-state index in [1.54, 1.807) is 32.9 Å². The Morgan fingerprint density at radius 3 is 2.40 bits per heavy atom. The Labute approximate surface area is 179 Å². The summed E-state index contributed by atoms with van der Waals surface area (Å²) in [6, 6.07) is 4.80. The molecule has 7 nitrogen and oxygen atoms in total. The lowest BCUT2D eigenvalue weighted by Crippen LogP contribution is -2.45. The van der Waals surface area contributed by atoms with Gasteiger partial charge in [0.1, 0.15) is 5.82 Å². The van der Waals surface area contributed by atoms with Crippen molar-refractivity contribution in [3.05, 3.63) is 24.0 Å². The molecule has 0 bridgehead atoms. The largest absolute Gasteiger partial charge is 0.372 e. The van der Waals surface area contributed by atoms with Crippen LogP contribution >= 0.6 is 0 Å². The molecule has 0 aliphatic carbocycles. The van der Waals surface area contributed by atoms with E-state index in [2.05, 4.69) is 14.9 Å². The van der Waals surface area contributed by atoms with Gasteiger partial charge in [0.15, 0.2) is 0 Å². The third-order valence-corrected chi connectivity index (χ3v) is 7.14. The molecule has 9 heteroatoms. The van der Waals surface area contributed by atoms with Crippen LogP contribution in [0.3, 0.4) is 0 Å². The molecule has 0 aromatic heterocycles. The predicted octanol–water partition coefficient (Wildman–Crippen LogP) is 3.27. The number of carbonyl (C=O) groups is 1. The molecule has 2 unspecified atom stereocenters. The van der Waals surface area contributed by atoms with Gasteiger partial charge in [-0.25, -0.2) is 17.5 Å². The molecule has 1 aliphatic heterocycles. The van der Waals surface area contributed by atoms with Gasteiger partial charge in [-0.1, -0.05) is 0 Å². The fourth-order valence-corrected chi connectivity index (χ4v) is 4.08. The zero-order valence-electron chi connectivity index (χ0n) is 18.5. The average molecular weight is 444 g/mol. The van der Waals surface area contributed by atoms with E-state index in [4.69, 9.17) is 4.74 Å². The molecule has 2 atom stereocenters. The third-order valence-electron chi connectivity index (χ3n) is 4.94. The Kier molecular flexibility index (Phi) is 8.24. The second-order valence-electron chi connectivity index (χ2n) is 8.84. The van der Waals surface area contributed by atoms with Gasteiger partial charge in [0.25, 0.3) is 0 Å². The Balaban J connectivity index is 1.80. The van der Waals surface area contributed by atoms with Gasteiger partial charge >= 0.3 is 0 Å². The standard InChI is InChI=1S/C21H34FN3O4S/c1-15-13-25(14-16(2)29-15)17-9-10-19(18(22)12-17)24-20(26)8-6-7-11-23-30(27,28)21(3,4)5/h9-10,12,15-16,23H,6-8,11,13-14H2,1-5H3,(H,24,26). The SMILES string of the molecule is CC1CN(c2ccc(NC(=O)CCCCNS(=O)(=O)C(C)(C)C)c(F)c2)CC(C)O1. The number of nitrogens with one attached hydrogen (secondary N) is 2. The van der Waals surface area contributed by atoms with Crippen LogP contribution in [0.5, 0.6) is 0 Å². The lowest BCUT2D eigenvalue weighted by Gasteiger charge is -2.37. The highest BCUT2D eigenvalue weighted by molar-refractivity contribution is 7.90. The van der Waals surface area contributed by atoms with Gasteiger partial charge in [-0.2, -0.15) is 0 Å². The normalized spacial score (nSPS) is 20.3. The maximum Gasteiger partial charge on any atom is 0.224 e. The molecule has 30 heavy (non-hydrogen) atoms. The number of sulfonamides is 1. The Bertz CT molecular complexity index is 829. The number of morpholine rings is 1. The van der Waals surface area contributed by atoms with Gasteiger partial charge < -0.3 is 15.0 Å². The van der Waals surface area contributed by atoms with Gasteiger partial charge in [0, 0.05) is 31.7 Å². The van der Waals surface area contributed by atoms with E-state index in [0.29, 0.717) is 25.9 Å². The second kappa shape index (κ2) is 10.1. The number of halogens is 1. The first-order chi connectivity index (χ1) is 13.9. The van der Waals surface area contributed by atoms with Crippen LogP contribution in [0.2, 0.25) is 0 Å². The smallest absolute Gasteiger partial charge is 0.224 e. The summed E-state index contributed by atoms with van der Waals surface area (Å²) < 4.78 is 45.8. The molecule has 170 valence electrons. The zero-order valence-corrected chi connectivity index (χ0v) is 19.3. The van der Waals surface area contributed by atoms with Crippen molar-refractivity contribution in [1.82, 2.24) is 4.72 Å². The maximum absolute atomic E-state index is 14.5. The first-order valence-corrected chi connectivity index (χ1v) is 11.9. The zero-order chi connectivity index (χ0) is 22.5. The van der Waals surface area contributed by atoms with Crippen molar-refractivity contribution in [2.24, 2.45) is 0 Å². The quantitative estimate of drug-likeness (QED) is 0.602. The molecule has 2 rings (SSSR count). The molecule has 1 amide bonds. The van der Waals surface area contributed by atoms with Crippen LogP contribution in [0, 0.1) is 5.82 Å². The average Bonchev–Trinajstić information content (AvgIpc) is 2.61. The number of carbonyl (C=O) groups excluding carboxylic acids is 1. The molecule has 1 fully saturated rings. The van der Waals surface area contributed by atoms with E-state index in [0.717, 1.165) is 5.69 Å². The summed E-state index contributed by atoms with van der Waals surface area (Å²) in [7, 11) is -3.39. The van der Waals surface area contributed by atoms with Crippen LogP contribution in [-0.4, -0.2) is 50.9 Å². The van der Waals surface area contributed by atoms with Gasteiger partial charge in [-0.15, -0.1) is 0 Å². The molecule has 1 heterocycles. The molecular weight excluding hydrogens is 409 g/mol. The fraction of sp³-hybridized carbons (Fsp3) is 0.667. The first kappa shape index (κ1) is 24.6. The molecule has 2 N–H and O–H groups in total. The summed E-state index contributed by atoms with van der Waals surface area (Å²) in [5.41, 5.74) is 0.908. The number of hydrogen-bond acceptors (Lipinski definition) is 5. The summed E-state index contributed by atoms with van der Waals surface area (Å²) in [5, 5.41) is 2.59. The number of nitrogens with zero attached hydrogens (tertiary/aromatic N) is 1. The van der Waals surface area contributed by atoms with Crippen molar-refractivity contribution in [3.63, 3.8) is 0 Å². The van der Waals surface area contributed by atoms with Crippen molar-refractivity contribution in [3.8, 4) is 0 Å². The van der Waals surface area contributed by atoms with E-state index in [9.17, 15) is 17.6 Å². The topological polar surface area (TPSA) is 87.7 Å². The van der Waals surface area contributed by atoms with Crippen LogP contribution in [0.25, 0.3) is 0 Å². The molecule has 0 radical (unpaired) electrons. The highest BCUT2D eigenvalue weighted by Crippen LogP contribution is 2.25. The maximum atomic E-state index is 14.5. The Morgan fingerprint density at radius 2 is 1.83 bits per heavy atom. The second-order valence-corrected chi connectivity index (χ2v) is 11.4. The van der Waals surface area contributed by atoms with E-state index in [-0.39, 0.29) is 36.8 Å². The lowest BCUT2D eigenvalue weighted by molar-refractivity contribution is -0.116. The minimum atomic E-state index is -3.39. The van der Waals surface area contributed by atoms with Crippen molar-refractivity contribution in [2.45, 2.75) is 70.8 Å². The monoisotopic (exact) mass is 443 g/mol. The van der Waals surface area contributed by atoms with Gasteiger partial charge in [0.05, 0.1) is 22.6 Å². The fourth-order valence-electron chi connectivity index (χ4n) is 3.24. The van der Waals surface area contributed by atoms with E-state index < -0.39 is 20.6 Å². The summed E-state index contributed by atoms with van der Waals surface area (Å²) in [5.74, 6) is -0.778. The number of ether oxygens (including phenoxy) is 1. The summed E-state index contributed by atoms with van der Waals surface area (Å²) in [4.78, 5) is 14.2. The van der Waals surface area contributed by atoms with Crippen molar-refractivity contribution in [2.75, 3.05) is 29.9 Å². The number of unbranched alkanes of at least 4 members (excludes halogenated alkanes) is 1. The van der Waals surface area contributed by atoms with E-state index in [1.807, 2.05) is 13.8 Å². The van der Waals surface area contributed by atoms with E-state index >= 15 is 0 Å².